The number of furan rings is 1. The first kappa shape index (κ1) is 23.9. The Balaban J connectivity index is 1.45. The zero-order chi connectivity index (χ0) is 24.8. The smallest absolute Gasteiger partial charge is 0.374 e. The molecule has 0 spiro atoms. The summed E-state index contributed by atoms with van der Waals surface area (Å²) in [6, 6.07) is 13.0. The minimum atomic E-state index is -0.737. The second-order valence-electron chi connectivity index (χ2n) is 10.8. The topological polar surface area (TPSA) is 75.0 Å². The summed E-state index contributed by atoms with van der Waals surface area (Å²) in [6.45, 7) is 8.49. The first-order chi connectivity index (χ1) is 16.7. The molecule has 2 aliphatic heterocycles. The monoisotopic (exact) mass is 478 g/mol. The van der Waals surface area contributed by atoms with Crippen molar-refractivity contribution < 1.29 is 28.2 Å². The van der Waals surface area contributed by atoms with Crippen molar-refractivity contribution >= 4 is 18.0 Å². The van der Waals surface area contributed by atoms with E-state index in [1.807, 2.05) is 30.3 Å². The maximum atomic E-state index is 13.1. The number of hydrogen-bond donors (Lipinski definition) is 0. The molecule has 1 aromatic heterocycles. The van der Waals surface area contributed by atoms with Crippen LogP contribution < -0.4 is 0 Å². The predicted molar refractivity (Wildman–Crippen MR) is 130 cm³/mol. The fourth-order valence-electron chi connectivity index (χ4n) is 6.72. The van der Waals surface area contributed by atoms with Crippen molar-refractivity contribution in [2.45, 2.75) is 70.4 Å². The van der Waals surface area contributed by atoms with Gasteiger partial charge in [0.2, 0.25) is 5.76 Å². The molecule has 7 atom stereocenters. The van der Waals surface area contributed by atoms with Gasteiger partial charge in [-0.3, -0.25) is 0 Å². The second kappa shape index (κ2) is 8.98. The van der Waals surface area contributed by atoms with Crippen LogP contribution in [0.3, 0.4) is 0 Å². The normalized spacial score (nSPS) is 35.9. The molecule has 186 valence electrons. The molecule has 2 bridgehead atoms. The van der Waals surface area contributed by atoms with E-state index in [9.17, 15) is 9.59 Å². The Morgan fingerprint density at radius 1 is 1.09 bits per heavy atom. The summed E-state index contributed by atoms with van der Waals surface area (Å²) >= 11 is 0. The van der Waals surface area contributed by atoms with Gasteiger partial charge in [0, 0.05) is 18.4 Å². The zero-order valence-electron chi connectivity index (χ0n) is 20.8. The van der Waals surface area contributed by atoms with Gasteiger partial charge in [-0.2, -0.15) is 0 Å². The summed E-state index contributed by atoms with van der Waals surface area (Å²) in [4.78, 5) is 25.9. The molecule has 3 aliphatic rings. The van der Waals surface area contributed by atoms with Crippen LogP contribution in [0.2, 0.25) is 0 Å². The first-order valence-corrected chi connectivity index (χ1v) is 12.6. The molecule has 3 heterocycles. The van der Waals surface area contributed by atoms with E-state index < -0.39 is 29.4 Å². The summed E-state index contributed by atoms with van der Waals surface area (Å²) < 4.78 is 24.5. The average molecular weight is 479 g/mol. The van der Waals surface area contributed by atoms with Gasteiger partial charge in [-0.1, -0.05) is 51.1 Å². The van der Waals surface area contributed by atoms with Crippen molar-refractivity contribution in [1.29, 1.82) is 0 Å². The summed E-state index contributed by atoms with van der Waals surface area (Å²) in [5.41, 5.74) is -0.447. The number of ether oxygens (including phenoxy) is 3. The highest BCUT2D eigenvalue weighted by Gasteiger charge is 2.72. The molecular weight excluding hydrogens is 444 g/mol. The van der Waals surface area contributed by atoms with Crippen LogP contribution in [0.1, 0.15) is 63.1 Å². The molecule has 2 aromatic rings. The van der Waals surface area contributed by atoms with E-state index in [-0.39, 0.29) is 29.5 Å². The molecule has 1 aliphatic carbocycles. The highest BCUT2D eigenvalue weighted by Crippen LogP contribution is 2.63. The number of fused-ring (bicyclic) bond motifs is 4. The number of hydrogen-bond acceptors (Lipinski definition) is 6. The highest BCUT2D eigenvalue weighted by atomic mass is 16.6. The molecule has 0 radical (unpaired) electrons. The largest absolute Gasteiger partial charge is 0.457 e. The summed E-state index contributed by atoms with van der Waals surface area (Å²) in [5, 5.41) is 0. The molecule has 6 nitrogen and oxygen atoms in total. The van der Waals surface area contributed by atoms with Gasteiger partial charge in [0.25, 0.3) is 0 Å². The van der Waals surface area contributed by atoms with Gasteiger partial charge in [-0.15, -0.1) is 0 Å². The van der Waals surface area contributed by atoms with Crippen molar-refractivity contribution in [3.8, 4) is 0 Å². The Morgan fingerprint density at radius 2 is 1.86 bits per heavy atom. The average Bonchev–Trinajstić information content (AvgIpc) is 3.56. The van der Waals surface area contributed by atoms with Crippen molar-refractivity contribution in [3.05, 3.63) is 66.1 Å². The lowest BCUT2D eigenvalue weighted by atomic mass is 9.69. The van der Waals surface area contributed by atoms with Gasteiger partial charge in [0.05, 0.1) is 6.26 Å². The molecule has 0 N–H and O–H groups in total. The van der Waals surface area contributed by atoms with E-state index in [1.54, 1.807) is 18.2 Å². The fourth-order valence-corrected chi connectivity index (χ4v) is 6.72. The van der Waals surface area contributed by atoms with Crippen molar-refractivity contribution in [3.63, 3.8) is 0 Å². The number of benzene rings is 1. The number of rotatable bonds is 6. The lowest BCUT2D eigenvalue weighted by Crippen LogP contribution is -2.62. The van der Waals surface area contributed by atoms with Crippen LogP contribution >= 0.6 is 0 Å². The maximum Gasteiger partial charge on any atom is 0.374 e. The van der Waals surface area contributed by atoms with E-state index in [0.717, 1.165) is 18.4 Å². The van der Waals surface area contributed by atoms with Crippen molar-refractivity contribution in [1.82, 2.24) is 0 Å². The summed E-state index contributed by atoms with van der Waals surface area (Å²) in [5.74, 6) is 0.00229. The Labute approximate surface area is 206 Å². The molecular formula is C29H34O6. The Morgan fingerprint density at radius 3 is 2.54 bits per heavy atom. The zero-order valence-corrected chi connectivity index (χ0v) is 20.8. The van der Waals surface area contributed by atoms with E-state index in [2.05, 4.69) is 27.7 Å². The third kappa shape index (κ3) is 4.02. The summed E-state index contributed by atoms with van der Waals surface area (Å²) in [6.07, 6.45) is 6.31. The molecule has 0 unspecified atom stereocenters. The van der Waals surface area contributed by atoms with Crippen LogP contribution in [0.15, 0.2) is 59.2 Å². The third-order valence-corrected chi connectivity index (χ3v) is 8.58. The van der Waals surface area contributed by atoms with Gasteiger partial charge >= 0.3 is 11.9 Å². The van der Waals surface area contributed by atoms with Gasteiger partial charge in [-0.25, -0.2) is 9.59 Å². The Bertz CT molecular complexity index is 1090. The minimum absolute atomic E-state index is 0.0544. The van der Waals surface area contributed by atoms with Gasteiger partial charge in [0.15, 0.2) is 0 Å². The van der Waals surface area contributed by atoms with E-state index in [4.69, 9.17) is 18.6 Å². The Hall–Kier alpha value is -2.86. The minimum Gasteiger partial charge on any atom is -0.457 e. The van der Waals surface area contributed by atoms with Gasteiger partial charge in [-0.05, 0) is 61.3 Å². The fraction of sp³-hybridized carbons (Fsp3) is 0.517. The maximum absolute atomic E-state index is 13.1. The number of esters is 2. The predicted octanol–water partition coefficient (Wildman–Crippen LogP) is 5.68. The summed E-state index contributed by atoms with van der Waals surface area (Å²) in [7, 11) is 0. The van der Waals surface area contributed by atoms with Crippen LogP contribution in [0, 0.1) is 23.7 Å². The highest BCUT2D eigenvalue weighted by molar-refractivity contribution is 5.87. The molecule has 2 saturated heterocycles. The number of carbonyl (C=O) groups is 2. The van der Waals surface area contributed by atoms with Crippen molar-refractivity contribution in [2.75, 3.05) is 0 Å². The van der Waals surface area contributed by atoms with Crippen LogP contribution in [-0.4, -0.2) is 35.3 Å². The van der Waals surface area contributed by atoms with Crippen LogP contribution in [0.5, 0.6) is 0 Å². The van der Waals surface area contributed by atoms with Crippen LogP contribution in [-0.2, 0) is 19.0 Å². The van der Waals surface area contributed by atoms with E-state index in [1.165, 1.54) is 12.3 Å². The SMILES string of the molecule is CC(C)[C@@]12C[C@@H](OC(=O)c3ccco3)[C@@](C)(O1)[C@@H]1CC[C@@H](C)[C@H]1[C@@H]2OC(=O)/C=C/c1ccccc1. The second-order valence-corrected chi connectivity index (χ2v) is 10.8. The molecule has 35 heavy (non-hydrogen) atoms. The molecule has 6 heteroatoms. The Kier molecular flexibility index (Phi) is 6.12. The standard InChI is InChI=1S/C29H34O6/c1-18(2)29-17-23(33-27(31)22-11-8-16-32-22)28(4,35-29)21-14-12-19(3)25(21)26(29)34-24(30)15-13-20-9-6-5-7-10-20/h5-11,13,15-16,18-19,21,23,25-26H,12,14,17H2,1-4H3/b15-13+/t19-,21-,23-,25-,26+,28+,29-/m1/s1. The third-order valence-electron chi connectivity index (χ3n) is 8.58. The molecule has 1 aromatic carbocycles. The van der Waals surface area contributed by atoms with Gasteiger partial charge < -0.3 is 18.6 Å². The quantitative estimate of drug-likeness (QED) is 0.393. The molecule has 3 fully saturated rings. The van der Waals surface area contributed by atoms with E-state index in [0.29, 0.717) is 12.3 Å². The lowest BCUT2D eigenvalue weighted by Gasteiger charge is -2.52. The number of carbonyl (C=O) groups excluding carboxylic acids is 2. The van der Waals surface area contributed by atoms with Crippen LogP contribution in [0.4, 0.5) is 0 Å². The lowest BCUT2D eigenvalue weighted by molar-refractivity contribution is -0.263. The molecule has 5 rings (SSSR count). The van der Waals surface area contributed by atoms with E-state index >= 15 is 0 Å². The van der Waals surface area contributed by atoms with Crippen molar-refractivity contribution in [2.24, 2.45) is 23.7 Å². The molecule has 0 amide bonds. The van der Waals surface area contributed by atoms with Crippen LogP contribution in [0.25, 0.3) is 6.08 Å². The van der Waals surface area contributed by atoms with Gasteiger partial charge in [0.1, 0.15) is 23.4 Å². The first-order valence-electron chi connectivity index (χ1n) is 12.6. The molecule has 1 saturated carbocycles.